The third kappa shape index (κ3) is 4.65. The van der Waals surface area contributed by atoms with Crippen LogP contribution in [-0.2, 0) is 13.6 Å². The molecule has 172 valence electrons. The lowest BCUT2D eigenvalue weighted by Gasteiger charge is -2.30. The Kier molecular flexibility index (Phi) is 6.53. The average molecular weight is 467 g/mol. The minimum absolute atomic E-state index is 0.0414. The van der Waals surface area contributed by atoms with Crippen LogP contribution in [0.1, 0.15) is 28.7 Å². The lowest BCUT2D eigenvalue weighted by molar-refractivity contribution is 0.0942. The molecular weight excluding hydrogens is 439 g/mol. The zero-order valence-corrected chi connectivity index (χ0v) is 19.7. The summed E-state index contributed by atoms with van der Waals surface area (Å²) in [6, 6.07) is 11.6. The molecule has 1 saturated heterocycles. The molecule has 3 aromatic rings. The van der Waals surface area contributed by atoms with Crippen LogP contribution in [0.3, 0.4) is 0 Å². The van der Waals surface area contributed by atoms with Gasteiger partial charge in [-0.1, -0.05) is 18.2 Å². The zero-order valence-electron chi connectivity index (χ0n) is 18.9. The molecule has 9 heteroatoms. The molecule has 33 heavy (non-hydrogen) atoms. The van der Waals surface area contributed by atoms with Crippen molar-refractivity contribution in [2.75, 3.05) is 13.1 Å². The summed E-state index contributed by atoms with van der Waals surface area (Å²) >= 11 is 1.38. The Labute approximate surface area is 196 Å². The number of rotatable bonds is 5. The highest BCUT2D eigenvalue weighted by Gasteiger charge is 2.30. The van der Waals surface area contributed by atoms with Gasteiger partial charge in [0.15, 0.2) is 6.17 Å². The largest absolute Gasteiger partial charge is 0.402 e. The fourth-order valence-corrected chi connectivity index (χ4v) is 5.01. The average Bonchev–Trinajstić information content (AvgIpc) is 3.08. The molecule has 0 bridgehead atoms. The highest BCUT2D eigenvalue weighted by atomic mass is 32.2. The van der Waals surface area contributed by atoms with Crippen LogP contribution in [0.25, 0.3) is 10.9 Å². The maximum absolute atomic E-state index is 14.4. The Morgan fingerprint density at radius 3 is 2.91 bits per heavy atom. The number of piperidine rings is 1. The van der Waals surface area contributed by atoms with Crippen molar-refractivity contribution < 1.29 is 9.18 Å². The number of nitrogens with two attached hydrogens (primary N) is 1. The number of nitrogens with zero attached hydrogens (tertiary/aromatic N) is 3. The van der Waals surface area contributed by atoms with Gasteiger partial charge in [0.2, 0.25) is 0 Å². The maximum atomic E-state index is 14.4. The van der Waals surface area contributed by atoms with Crippen LogP contribution in [-0.4, -0.2) is 44.7 Å². The van der Waals surface area contributed by atoms with E-state index in [2.05, 4.69) is 10.3 Å². The lowest BCUT2D eigenvalue weighted by atomic mass is 10.0. The Bertz CT molecular complexity index is 1260. The molecule has 4 rings (SSSR count). The number of amides is 1. The van der Waals surface area contributed by atoms with Gasteiger partial charge in [0, 0.05) is 60.1 Å². The predicted octanol–water partition coefficient (Wildman–Crippen LogP) is 3.72. The van der Waals surface area contributed by atoms with Crippen molar-refractivity contribution in [1.82, 2.24) is 19.2 Å². The summed E-state index contributed by atoms with van der Waals surface area (Å²) < 4.78 is 18.1. The van der Waals surface area contributed by atoms with Gasteiger partial charge in [-0.3, -0.25) is 9.78 Å². The zero-order chi connectivity index (χ0) is 23.7. The second-order valence-electron chi connectivity index (χ2n) is 8.16. The van der Waals surface area contributed by atoms with Crippen molar-refractivity contribution in [3.63, 3.8) is 0 Å². The van der Waals surface area contributed by atoms with Crippen LogP contribution in [0.5, 0.6) is 0 Å². The molecule has 1 amide bonds. The smallest absolute Gasteiger partial charge is 0.268 e. The van der Waals surface area contributed by atoms with E-state index in [0.717, 1.165) is 27.1 Å². The molecule has 0 aliphatic carbocycles. The van der Waals surface area contributed by atoms with Crippen LogP contribution < -0.4 is 11.1 Å². The third-order valence-corrected chi connectivity index (χ3v) is 7.08. The molecular formula is C24H27FN6OS. The summed E-state index contributed by atoms with van der Waals surface area (Å²) in [4.78, 5) is 18.2. The van der Waals surface area contributed by atoms with Crippen LogP contribution in [0.15, 0.2) is 58.8 Å². The number of nitrogens with one attached hydrogen (secondary N) is 2. The van der Waals surface area contributed by atoms with E-state index < -0.39 is 6.17 Å². The molecule has 1 fully saturated rings. The summed E-state index contributed by atoms with van der Waals surface area (Å²) in [6.07, 6.45) is 0.363. The number of allylic oxidation sites excluding steroid dienone is 1. The van der Waals surface area contributed by atoms with Gasteiger partial charge >= 0.3 is 0 Å². The third-order valence-electron chi connectivity index (χ3n) is 5.94. The van der Waals surface area contributed by atoms with Crippen molar-refractivity contribution in [1.29, 1.82) is 5.41 Å². The normalized spacial score (nSPS) is 18.5. The molecule has 1 aromatic carbocycles. The first-order valence-electron chi connectivity index (χ1n) is 10.6. The molecule has 2 aromatic heterocycles. The lowest BCUT2D eigenvalue weighted by Crippen LogP contribution is -2.41. The van der Waals surface area contributed by atoms with Gasteiger partial charge < -0.3 is 21.0 Å². The molecule has 1 aliphatic heterocycles. The first-order chi connectivity index (χ1) is 15.8. The van der Waals surface area contributed by atoms with Gasteiger partial charge in [-0.05, 0) is 49.6 Å². The molecule has 3 heterocycles. The number of carbonyl (C=O) groups excluding carboxylic acids is 1. The van der Waals surface area contributed by atoms with Gasteiger partial charge in [0.1, 0.15) is 5.69 Å². The minimum atomic E-state index is -1.39. The van der Waals surface area contributed by atoms with Crippen molar-refractivity contribution >= 4 is 34.5 Å². The van der Waals surface area contributed by atoms with Crippen molar-refractivity contribution in [3.05, 3.63) is 70.8 Å². The number of fused-ring (bicyclic) bond motifs is 1. The molecule has 0 spiro atoms. The van der Waals surface area contributed by atoms with Gasteiger partial charge in [-0.2, -0.15) is 0 Å². The van der Waals surface area contributed by atoms with Crippen LogP contribution in [0.2, 0.25) is 0 Å². The molecule has 1 atom stereocenters. The molecule has 1 aliphatic rings. The first-order valence-corrected chi connectivity index (χ1v) is 11.4. The summed E-state index contributed by atoms with van der Waals surface area (Å²) in [7, 11) is 1.84. The van der Waals surface area contributed by atoms with Gasteiger partial charge in [-0.25, -0.2) is 8.70 Å². The highest BCUT2D eigenvalue weighted by molar-refractivity contribution is 7.97. The highest BCUT2D eigenvalue weighted by Crippen LogP contribution is 2.32. The van der Waals surface area contributed by atoms with Crippen molar-refractivity contribution in [3.8, 4) is 0 Å². The van der Waals surface area contributed by atoms with E-state index in [0.29, 0.717) is 30.1 Å². The number of aromatic nitrogens is 2. The molecule has 1 unspecified atom stereocenters. The van der Waals surface area contributed by atoms with Gasteiger partial charge in [0.25, 0.3) is 5.91 Å². The first kappa shape index (κ1) is 23.0. The number of halogens is 1. The number of benzene rings is 1. The van der Waals surface area contributed by atoms with E-state index >= 15 is 0 Å². The fourth-order valence-electron chi connectivity index (χ4n) is 3.90. The van der Waals surface area contributed by atoms with Gasteiger partial charge in [-0.15, -0.1) is 0 Å². The van der Waals surface area contributed by atoms with E-state index in [1.54, 1.807) is 13.1 Å². The van der Waals surface area contributed by atoms with E-state index in [9.17, 15) is 9.18 Å². The Morgan fingerprint density at radius 1 is 1.36 bits per heavy atom. The molecule has 4 N–H and O–H groups in total. The predicted molar refractivity (Wildman–Crippen MR) is 130 cm³/mol. The molecule has 7 nitrogen and oxygen atoms in total. The standard InChI is InChI=1S/C24H27FN6OS/c1-14(26)18-12-31(13-19(25)23(18)27)33-22-10-21(30(3)15(22)2)24(32)29-11-16-6-4-8-20-17(16)7-5-9-28-20/h4-10,19,27H,11-13,26H2,1-3H3,(H,29,32)/b18-14-,27-23?. The topological polar surface area (TPSA) is 100 Å². The number of carbonyl (C=O) groups is 1. The van der Waals surface area contributed by atoms with Crippen molar-refractivity contribution in [2.45, 2.75) is 31.5 Å². The molecule has 0 radical (unpaired) electrons. The van der Waals surface area contributed by atoms with E-state index in [1.807, 2.05) is 59.2 Å². The summed E-state index contributed by atoms with van der Waals surface area (Å²) in [6.45, 7) is 4.49. The molecule has 0 saturated carbocycles. The SMILES string of the molecule is C/C(N)=C1\CN(Sc2cc(C(=O)NCc3cccc4ncccc34)n(C)c2C)CC(F)C1=N. The minimum Gasteiger partial charge on any atom is -0.402 e. The quantitative estimate of drug-likeness (QED) is 0.498. The Balaban J connectivity index is 1.49. The number of alkyl halides is 1. The fraction of sp³-hybridized carbons (Fsp3) is 0.292. The number of hydrogen-bond acceptors (Lipinski definition) is 6. The van der Waals surface area contributed by atoms with E-state index in [1.165, 1.54) is 11.9 Å². The second-order valence-corrected chi connectivity index (χ2v) is 9.30. The van der Waals surface area contributed by atoms with Crippen LogP contribution in [0.4, 0.5) is 4.39 Å². The van der Waals surface area contributed by atoms with E-state index in [-0.39, 0.29) is 18.2 Å². The maximum Gasteiger partial charge on any atom is 0.268 e. The summed E-state index contributed by atoms with van der Waals surface area (Å²) in [5, 5.41) is 12.0. The second kappa shape index (κ2) is 9.36. The van der Waals surface area contributed by atoms with E-state index in [4.69, 9.17) is 11.1 Å². The van der Waals surface area contributed by atoms with Crippen molar-refractivity contribution in [2.24, 2.45) is 12.8 Å². The number of hydrogen-bond donors (Lipinski definition) is 3. The summed E-state index contributed by atoms with van der Waals surface area (Å²) in [5.74, 6) is -0.185. The van der Waals surface area contributed by atoms with Crippen LogP contribution >= 0.6 is 11.9 Å². The Morgan fingerprint density at radius 2 is 2.15 bits per heavy atom. The number of pyridine rings is 1. The summed E-state index contributed by atoms with van der Waals surface area (Å²) in [5.41, 5.74) is 10.1. The van der Waals surface area contributed by atoms with Crippen LogP contribution in [0, 0.1) is 12.3 Å². The monoisotopic (exact) mass is 466 g/mol. The van der Waals surface area contributed by atoms with Gasteiger partial charge in [0.05, 0.1) is 11.2 Å². The Hall–Kier alpha value is -3.17.